The first-order chi connectivity index (χ1) is 26.4. The summed E-state index contributed by atoms with van der Waals surface area (Å²) in [6, 6.07) is 15.8. The lowest BCUT2D eigenvalue weighted by Crippen LogP contribution is -2.57. The van der Waals surface area contributed by atoms with Crippen molar-refractivity contribution in [1.82, 2.24) is 26.3 Å². The van der Waals surface area contributed by atoms with Crippen LogP contribution < -0.4 is 26.0 Å². The monoisotopic (exact) mass is 759 g/mol. The molecule has 1 aliphatic carbocycles. The molecule has 0 radical (unpaired) electrons. The molecule has 4 amide bonds. The summed E-state index contributed by atoms with van der Waals surface area (Å²) in [6.07, 6.45) is 5.62. The number of hydrogen-bond donors (Lipinski definition) is 6. The Morgan fingerprint density at radius 3 is 2.20 bits per heavy atom. The van der Waals surface area contributed by atoms with E-state index in [2.05, 4.69) is 26.3 Å². The normalized spacial score (nSPS) is 17.2. The molecule has 3 aromatic rings. The molecule has 4 rings (SSSR count). The van der Waals surface area contributed by atoms with Gasteiger partial charge in [0, 0.05) is 17.5 Å². The zero-order chi connectivity index (χ0) is 39.9. The predicted molar refractivity (Wildman–Crippen MR) is 213 cm³/mol. The largest absolute Gasteiger partial charge is 0.483 e. The average molecular weight is 760 g/mol. The number of pyridine rings is 1. The lowest BCUT2D eigenvalue weighted by molar-refractivity contribution is -0.135. The van der Waals surface area contributed by atoms with Crippen LogP contribution in [0.1, 0.15) is 91.7 Å². The molecule has 0 bridgehead atoms. The standard InChI is InChI=1S/C43H61N5O7/c1-6-28(4)39(42(53)45-25-32-19-12-13-22-44-32)48-41(52)34(27(2)3)24-36(50)35(23-30-15-8-7-9-16-30)46-43(54)40(29(5)49)47-38(51)26-55-37-21-14-18-31-17-10-11-20-33(31)37/h10-14,17-22,27-30,34-36,39-40,49-50H,6-9,15-16,23-26H2,1-5H3,(H,45,53)(H,46,54)(H,47,51)(H,48,52)/t28-,29+,34-,35-,36-,39-,40-/m0/s1. The minimum absolute atomic E-state index is 0.0362. The summed E-state index contributed by atoms with van der Waals surface area (Å²) in [5.74, 6) is -2.14. The molecular formula is C43H61N5O7. The van der Waals surface area contributed by atoms with Gasteiger partial charge in [0.1, 0.15) is 17.8 Å². The van der Waals surface area contributed by atoms with E-state index >= 15 is 0 Å². The van der Waals surface area contributed by atoms with E-state index < -0.39 is 48.1 Å². The maximum absolute atomic E-state index is 13.9. The number of carbonyl (C=O) groups is 4. The highest BCUT2D eigenvalue weighted by molar-refractivity contribution is 5.91. The number of hydrogen-bond acceptors (Lipinski definition) is 8. The Morgan fingerprint density at radius 1 is 0.818 bits per heavy atom. The fourth-order valence-corrected chi connectivity index (χ4v) is 7.31. The third kappa shape index (κ3) is 13.0. The number of nitrogens with one attached hydrogen (secondary N) is 4. The van der Waals surface area contributed by atoms with Crippen LogP contribution in [0.5, 0.6) is 5.75 Å². The summed E-state index contributed by atoms with van der Waals surface area (Å²) < 4.78 is 5.82. The van der Waals surface area contributed by atoms with Crippen LogP contribution in [0.15, 0.2) is 66.9 Å². The van der Waals surface area contributed by atoms with Gasteiger partial charge >= 0.3 is 0 Å². The first-order valence-electron chi connectivity index (χ1n) is 19.9. The lowest BCUT2D eigenvalue weighted by Gasteiger charge is -2.34. The van der Waals surface area contributed by atoms with Gasteiger partial charge in [-0.2, -0.15) is 0 Å². The second-order valence-electron chi connectivity index (χ2n) is 15.5. The van der Waals surface area contributed by atoms with Crippen LogP contribution in [0.2, 0.25) is 0 Å². The average Bonchev–Trinajstić information content (AvgIpc) is 3.19. The van der Waals surface area contributed by atoms with Gasteiger partial charge in [-0.1, -0.05) is 109 Å². The van der Waals surface area contributed by atoms with Crippen molar-refractivity contribution in [3.63, 3.8) is 0 Å². The van der Waals surface area contributed by atoms with Gasteiger partial charge in [-0.05, 0) is 61.1 Å². The lowest BCUT2D eigenvalue weighted by atomic mass is 9.81. The summed E-state index contributed by atoms with van der Waals surface area (Å²) in [7, 11) is 0. The van der Waals surface area contributed by atoms with Crippen LogP contribution in [0, 0.1) is 23.7 Å². The molecule has 1 heterocycles. The second-order valence-corrected chi connectivity index (χ2v) is 15.5. The Balaban J connectivity index is 1.44. The van der Waals surface area contributed by atoms with Crippen molar-refractivity contribution in [2.45, 2.75) is 123 Å². The van der Waals surface area contributed by atoms with E-state index in [0.29, 0.717) is 24.3 Å². The molecule has 12 nitrogen and oxygen atoms in total. The molecule has 1 aliphatic rings. The second kappa shape index (κ2) is 21.5. The highest BCUT2D eigenvalue weighted by atomic mass is 16.5. The van der Waals surface area contributed by atoms with Gasteiger partial charge in [0.2, 0.25) is 17.7 Å². The SMILES string of the molecule is CC[C@H](C)[C@H](NC(=O)[C@@H](C[C@H](O)[C@H](CC1CCCCC1)NC(=O)[C@@H](NC(=O)COc1cccc2ccccc12)[C@@H](C)O)C(C)C)C(=O)NCc1ccccn1. The Bertz CT molecular complexity index is 1670. The van der Waals surface area contributed by atoms with Crippen molar-refractivity contribution in [3.8, 4) is 5.75 Å². The van der Waals surface area contributed by atoms with Crippen LogP contribution in [0.3, 0.4) is 0 Å². The maximum Gasteiger partial charge on any atom is 0.258 e. The number of aliphatic hydroxyl groups excluding tert-OH is 2. The van der Waals surface area contributed by atoms with Crippen LogP contribution in [0.25, 0.3) is 10.8 Å². The van der Waals surface area contributed by atoms with E-state index in [-0.39, 0.29) is 49.1 Å². The van der Waals surface area contributed by atoms with E-state index in [0.717, 1.165) is 42.9 Å². The number of aliphatic hydroxyl groups is 2. The molecule has 0 saturated heterocycles. The predicted octanol–water partition coefficient (Wildman–Crippen LogP) is 4.80. The van der Waals surface area contributed by atoms with E-state index in [9.17, 15) is 29.4 Å². The van der Waals surface area contributed by atoms with Crippen molar-refractivity contribution >= 4 is 34.4 Å². The summed E-state index contributed by atoms with van der Waals surface area (Å²) in [6.45, 7) is 8.93. The minimum atomic E-state index is -1.31. The van der Waals surface area contributed by atoms with Crippen molar-refractivity contribution in [1.29, 1.82) is 0 Å². The van der Waals surface area contributed by atoms with Gasteiger partial charge < -0.3 is 36.2 Å². The number of amides is 4. The van der Waals surface area contributed by atoms with Crippen LogP contribution in [-0.4, -0.2) is 75.8 Å². The van der Waals surface area contributed by atoms with E-state index in [1.165, 1.54) is 6.92 Å². The van der Waals surface area contributed by atoms with Gasteiger partial charge in [0.05, 0.1) is 30.5 Å². The van der Waals surface area contributed by atoms with E-state index in [4.69, 9.17) is 4.74 Å². The van der Waals surface area contributed by atoms with Gasteiger partial charge in [-0.3, -0.25) is 24.2 Å². The molecule has 1 fully saturated rings. The first kappa shape index (κ1) is 43.2. The topological polar surface area (TPSA) is 179 Å². The Hall–Kier alpha value is -4.55. The number of rotatable bonds is 20. The number of benzene rings is 2. The third-order valence-electron chi connectivity index (χ3n) is 10.9. The molecule has 300 valence electrons. The van der Waals surface area contributed by atoms with Crippen molar-refractivity contribution in [2.75, 3.05) is 6.61 Å². The molecule has 0 unspecified atom stereocenters. The molecule has 12 heteroatoms. The van der Waals surface area contributed by atoms with E-state index in [1.807, 2.05) is 76.2 Å². The third-order valence-corrected chi connectivity index (χ3v) is 10.9. The summed E-state index contributed by atoms with van der Waals surface area (Å²) in [5.41, 5.74) is 0.700. The fourth-order valence-electron chi connectivity index (χ4n) is 7.31. The Labute approximate surface area is 325 Å². The van der Waals surface area contributed by atoms with Crippen LogP contribution >= 0.6 is 0 Å². The highest BCUT2D eigenvalue weighted by Crippen LogP contribution is 2.30. The summed E-state index contributed by atoms with van der Waals surface area (Å²) >= 11 is 0. The molecule has 1 saturated carbocycles. The smallest absolute Gasteiger partial charge is 0.258 e. The number of aromatic nitrogens is 1. The van der Waals surface area contributed by atoms with Crippen LogP contribution in [0.4, 0.5) is 0 Å². The van der Waals surface area contributed by atoms with Gasteiger partial charge in [0.15, 0.2) is 6.61 Å². The number of carbonyl (C=O) groups excluding carboxylic acids is 4. The van der Waals surface area contributed by atoms with Gasteiger partial charge in [0.25, 0.3) is 5.91 Å². The van der Waals surface area contributed by atoms with Crippen LogP contribution in [-0.2, 0) is 25.7 Å². The number of ether oxygens (including phenoxy) is 1. The molecular weight excluding hydrogens is 699 g/mol. The first-order valence-corrected chi connectivity index (χ1v) is 19.9. The Kier molecular flexibility index (Phi) is 16.9. The fraction of sp³-hybridized carbons (Fsp3) is 0.558. The van der Waals surface area contributed by atoms with Crippen molar-refractivity contribution in [3.05, 3.63) is 72.6 Å². The molecule has 0 aliphatic heterocycles. The molecule has 7 atom stereocenters. The van der Waals surface area contributed by atoms with E-state index in [1.54, 1.807) is 18.3 Å². The van der Waals surface area contributed by atoms with Gasteiger partial charge in [-0.15, -0.1) is 0 Å². The van der Waals surface area contributed by atoms with Crippen molar-refractivity contribution in [2.24, 2.45) is 23.7 Å². The summed E-state index contributed by atoms with van der Waals surface area (Å²) in [5, 5.41) is 35.7. The minimum Gasteiger partial charge on any atom is -0.483 e. The zero-order valence-corrected chi connectivity index (χ0v) is 33.0. The highest BCUT2D eigenvalue weighted by Gasteiger charge is 2.36. The quantitative estimate of drug-likeness (QED) is 0.0951. The number of nitrogens with zero attached hydrogens (tertiary/aromatic N) is 1. The molecule has 6 N–H and O–H groups in total. The van der Waals surface area contributed by atoms with Gasteiger partial charge in [-0.25, -0.2) is 0 Å². The molecule has 2 aromatic carbocycles. The summed E-state index contributed by atoms with van der Waals surface area (Å²) in [4.78, 5) is 58.4. The zero-order valence-electron chi connectivity index (χ0n) is 33.0. The number of fused-ring (bicyclic) bond motifs is 1. The Morgan fingerprint density at radius 2 is 1.53 bits per heavy atom. The van der Waals surface area contributed by atoms with Crippen molar-refractivity contribution < 1.29 is 34.1 Å². The molecule has 1 aromatic heterocycles. The maximum atomic E-state index is 13.9. The molecule has 55 heavy (non-hydrogen) atoms. The molecule has 0 spiro atoms.